The van der Waals surface area contributed by atoms with E-state index in [1.165, 1.54) is 4.88 Å². The molecule has 2 aromatic heterocycles. The summed E-state index contributed by atoms with van der Waals surface area (Å²) in [5.41, 5.74) is 2.40. The monoisotopic (exact) mass is 374 g/mol. The Morgan fingerprint density at radius 3 is 2.96 bits per heavy atom. The first-order valence-electron chi connectivity index (χ1n) is 8.94. The van der Waals surface area contributed by atoms with E-state index in [0.717, 1.165) is 46.9 Å². The second kappa shape index (κ2) is 6.40. The van der Waals surface area contributed by atoms with E-state index in [4.69, 9.17) is 0 Å². The third-order valence-electron chi connectivity index (χ3n) is 5.00. The lowest BCUT2D eigenvalue weighted by atomic mass is 10.0. The molecular formula is C21H18N4OS. The van der Waals surface area contributed by atoms with Crippen molar-refractivity contribution in [2.75, 3.05) is 18.9 Å². The Hall–Kier alpha value is -2.83. The predicted molar refractivity (Wildman–Crippen MR) is 109 cm³/mol. The molecule has 27 heavy (non-hydrogen) atoms. The second-order valence-corrected chi connectivity index (χ2v) is 7.96. The third-order valence-corrected chi connectivity index (χ3v) is 6.00. The molecule has 1 aliphatic heterocycles. The van der Waals surface area contributed by atoms with Crippen molar-refractivity contribution in [3.8, 4) is 0 Å². The summed E-state index contributed by atoms with van der Waals surface area (Å²) in [5.74, 6) is -0.163. The van der Waals surface area contributed by atoms with Gasteiger partial charge in [0, 0.05) is 36.0 Å². The van der Waals surface area contributed by atoms with Crippen LogP contribution in [0.3, 0.4) is 0 Å². The van der Waals surface area contributed by atoms with Gasteiger partial charge in [-0.3, -0.25) is 15.1 Å². The number of nitrogens with one attached hydrogen (secondary N) is 1. The van der Waals surface area contributed by atoms with Crippen LogP contribution in [0, 0.1) is 0 Å². The highest BCUT2D eigenvalue weighted by Gasteiger charge is 2.20. The molecule has 0 saturated heterocycles. The number of carbonyl (C=O) groups excluding carboxylic acids is 1. The summed E-state index contributed by atoms with van der Waals surface area (Å²) in [4.78, 5) is 25.7. The number of thiazole rings is 1. The number of nitrogens with zero attached hydrogens (tertiary/aromatic N) is 3. The molecule has 1 amide bonds. The molecule has 1 N–H and O–H groups in total. The van der Waals surface area contributed by atoms with Crippen molar-refractivity contribution < 1.29 is 4.79 Å². The van der Waals surface area contributed by atoms with E-state index >= 15 is 0 Å². The highest BCUT2D eigenvalue weighted by atomic mass is 32.1. The maximum Gasteiger partial charge on any atom is 0.259 e. The maximum atomic E-state index is 13.1. The van der Waals surface area contributed by atoms with Gasteiger partial charge in [0.2, 0.25) is 0 Å². The number of anilines is 1. The Balaban J connectivity index is 1.56. The molecule has 5 nitrogen and oxygen atoms in total. The fourth-order valence-corrected chi connectivity index (χ4v) is 4.73. The van der Waals surface area contributed by atoms with Crippen molar-refractivity contribution in [1.82, 2.24) is 14.9 Å². The molecule has 0 unspecified atom stereocenters. The Morgan fingerprint density at radius 2 is 2.04 bits per heavy atom. The lowest BCUT2D eigenvalue weighted by Crippen LogP contribution is -2.25. The Kier molecular flexibility index (Phi) is 3.88. The van der Waals surface area contributed by atoms with Crippen molar-refractivity contribution >= 4 is 44.1 Å². The number of rotatable bonds is 2. The van der Waals surface area contributed by atoms with Gasteiger partial charge in [-0.05, 0) is 30.0 Å². The van der Waals surface area contributed by atoms with Crippen molar-refractivity contribution in [2.24, 2.45) is 0 Å². The van der Waals surface area contributed by atoms with Crippen molar-refractivity contribution in [3.05, 3.63) is 64.8 Å². The van der Waals surface area contributed by atoms with Crippen LogP contribution in [0.1, 0.15) is 20.9 Å². The molecule has 0 radical (unpaired) electrons. The van der Waals surface area contributed by atoms with Crippen LogP contribution in [-0.2, 0) is 13.0 Å². The van der Waals surface area contributed by atoms with Gasteiger partial charge in [-0.2, -0.15) is 0 Å². The number of amides is 1. The molecule has 1 aliphatic rings. The number of carbonyl (C=O) groups is 1. The normalized spacial score (nSPS) is 14.4. The first kappa shape index (κ1) is 16.4. The number of benzene rings is 2. The molecule has 0 fully saturated rings. The molecule has 2 aromatic carbocycles. The summed E-state index contributed by atoms with van der Waals surface area (Å²) in [6.07, 6.45) is 2.66. The number of hydrogen-bond donors (Lipinski definition) is 1. The van der Waals surface area contributed by atoms with Crippen LogP contribution in [0.25, 0.3) is 21.7 Å². The fourth-order valence-electron chi connectivity index (χ4n) is 3.64. The van der Waals surface area contributed by atoms with Crippen LogP contribution in [0.15, 0.2) is 48.7 Å². The molecule has 0 saturated carbocycles. The Labute approximate surface area is 160 Å². The molecule has 4 aromatic rings. The smallest absolute Gasteiger partial charge is 0.259 e. The fraction of sp³-hybridized carbons (Fsp3) is 0.190. The molecular weight excluding hydrogens is 356 g/mol. The quantitative estimate of drug-likeness (QED) is 0.537. The van der Waals surface area contributed by atoms with Gasteiger partial charge in [-0.1, -0.05) is 30.3 Å². The van der Waals surface area contributed by atoms with Crippen molar-refractivity contribution in [3.63, 3.8) is 0 Å². The molecule has 0 bridgehead atoms. The average Bonchev–Trinajstić information content (AvgIpc) is 3.08. The van der Waals surface area contributed by atoms with Gasteiger partial charge in [0.25, 0.3) is 5.91 Å². The largest absolute Gasteiger partial charge is 0.301 e. The average molecular weight is 374 g/mol. The SMILES string of the molecule is CN1CCc2nc(NC(=O)c3cc4ccccc4c4cccnc34)sc2C1. The van der Waals surface area contributed by atoms with Crippen LogP contribution in [0.5, 0.6) is 0 Å². The standard InChI is InChI=1S/C21H18N4OS/c1-25-10-8-17-18(12-25)27-21(23-17)24-20(26)16-11-13-5-2-3-6-14(13)15-7-4-9-22-19(15)16/h2-7,9,11H,8,10,12H2,1H3,(H,23,24,26). The highest BCUT2D eigenvalue weighted by Crippen LogP contribution is 2.30. The number of fused-ring (bicyclic) bond motifs is 4. The lowest BCUT2D eigenvalue weighted by molar-refractivity contribution is 0.102. The number of hydrogen-bond acceptors (Lipinski definition) is 5. The zero-order valence-corrected chi connectivity index (χ0v) is 15.7. The van der Waals surface area contributed by atoms with Crippen molar-refractivity contribution in [2.45, 2.75) is 13.0 Å². The van der Waals surface area contributed by atoms with Gasteiger partial charge in [0.05, 0.1) is 16.8 Å². The zero-order chi connectivity index (χ0) is 18.4. The highest BCUT2D eigenvalue weighted by molar-refractivity contribution is 7.15. The van der Waals surface area contributed by atoms with E-state index in [1.54, 1.807) is 17.5 Å². The minimum absolute atomic E-state index is 0.163. The summed E-state index contributed by atoms with van der Waals surface area (Å²) in [6.45, 7) is 1.90. The van der Waals surface area contributed by atoms with Crippen LogP contribution in [0.2, 0.25) is 0 Å². The van der Waals surface area contributed by atoms with Crippen LogP contribution in [0.4, 0.5) is 5.13 Å². The van der Waals surface area contributed by atoms with Gasteiger partial charge in [0.1, 0.15) is 0 Å². The number of aromatic nitrogens is 2. The van der Waals surface area contributed by atoms with E-state index in [1.807, 2.05) is 36.4 Å². The third kappa shape index (κ3) is 2.87. The first-order chi connectivity index (χ1) is 13.2. The topological polar surface area (TPSA) is 58.1 Å². The van der Waals surface area contributed by atoms with Crippen molar-refractivity contribution in [1.29, 1.82) is 0 Å². The molecule has 3 heterocycles. The van der Waals surface area contributed by atoms with Crippen LogP contribution in [-0.4, -0.2) is 34.4 Å². The first-order valence-corrected chi connectivity index (χ1v) is 9.75. The van der Waals surface area contributed by atoms with E-state index < -0.39 is 0 Å². The van der Waals surface area contributed by atoms with Gasteiger partial charge in [0.15, 0.2) is 5.13 Å². The molecule has 6 heteroatoms. The van der Waals surface area contributed by atoms with E-state index in [-0.39, 0.29) is 5.91 Å². The van der Waals surface area contributed by atoms with Gasteiger partial charge >= 0.3 is 0 Å². The molecule has 0 aliphatic carbocycles. The minimum atomic E-state index is -0.163. The van der Waals surface area contributed by atoms with E-state index in [9.17, 15) is 4.79 Å². The van der Waals surface area contributed by atoms with Gasteiger partial charge < -0.3 is 4.90 Å². The number of pyridine rings is 1. The minimum Gasteiger partial charge on any atom is -0.301 e. The van der Waals surface area contributed by atoms with Gasteiger partial charge in [-0.25, -0.2) is 4.98 Å². The van der Waals surface area contributed by atoms with E-state index in [0.29, 0.717) is 10.7 Å². The lowest BCUT2D eigenvalue weighted by Gasteiger charge is -2.20. The van der Waals surface area contributed by atoms with E-state index in [2.05, 4.69) is 33.3 Å². The summed E-state index contributed by atoms with van der Waals surface area (Å²) < 4.78 is 0. The molecule has 0 atom stereocenters. The predicted octanol–water partition coefficient (Wildman–Crippen LogP) is 4.08. The second-order valence-electron chi connectivity index (χ2n) is 6.88. The maximum absolute atomic E-state index is 13.1. The number of likely N-dealkylation sites (N-methyl/N-ethyl adjacent to an activating group) is 1. The summed E-state index contributed by atoms with van der Waals surface area (Å²) >= 11 is 1.57. The summed E-state index contributed by atoms with van der Waals surface area (Å²) in [5, 5.41) is 6.78. The van der Waals surface area contributed by atoms with Crippen LogP contribution < -0.4 is 5.32 Å². The van der Waals surface area contributed by atoms with Crippen LogP contribution >= 0.6 is 11.3 Å². The molecule has 5 rings (SSSR count). The van der Waals surface area contributed by atoms with Gasteiger partial charge in [-0.15, -0.1) is 11.3 Å². The molecule has 0 spiro atoms. The summed E-state index contributed by atoms with van der Waals surface area (Å²) in [6, 6.07) is 13.9. The summed E-state index contributed by atoms with van der Waals surface area (Å²) in [7, 11) is 2.10. The Morgan fingerprint density at radius 1 is 1.19 bits per heavy atom. The molecule has 134 valence electrons. The Bertz CT molecular complexity index is 1180. The zero-order valence-electron chi connectivity index (χ0n) is 14.9.